The Morgan fingerprint density at radius 1 is 1.10 bits per heavy atom. The van der Waals surface area contributed by atoms with E-state index in [9.17, 15) is 4.79 Å². The summed E-state index contributed by atoms with van der Waals surface area (Å²) in [5.41, 5.74) is 3.40. The van der Waals surface area contributed by atoms with Gasteiger partial charge in [-0.2, -0.15) is 0 Å². The number of benzene rings is 2. The van der Waals surface area contributed by atoms with Crippen molar-refractivity contribution in [3.05, 3.63) is 65.2 Å². The maximum absolute atomic E-state index is 12.0. The number of amides is 1. The number of nitrogens with one attached hydrogen (secondary N) is 1. The van der Waals surface area contributed by atoms with Gasteiger partial charge in [0.25, 0.3) is 5.91 Å². The van der Waals surface area contributed by atoms with Crippen LogP contribution in [0.3, 0.4) is 0 Å². The molecule has 0 saturated carbocycles. The molecule has 0 fully saturated rings. The molecule has 0 heterocycles. The topological polar surface area (TPSA) is 38.3 Å². The molecule has 0 aromatic heterocycles. The number of ether oxygens (including phenoxy) is 1. The van der Waals surface area contributed by atoms with Crippen molar-refractivity contribution in [2.75, 3.05) is 0 Å². The minimum absolute atomic E-state index is 0.114. The lowest BCUT2D eigenvalue weighted by molar-refractivity contribution is -0.127. The zero-order valence-electron chi connectivity index (χ0n) is 12.7. The van der Waals surface area contributed by atoms with E-state index in [0.717, 1.165) is 11.1 Å². The van der Waals surface area contributed by atoms with Gasteiger partial charge in [0.15, 0.2) is 6.10 Å². The van der Waals surface area contributed by atoms with Crippen molar-refractivity contribution in [3.8, 4) is 5.75 Å². The van der Waals surface area contributed by atoms with Crippen LogP contribution in [0.25, 0.3) is 0 Å². The number of hydrogen-bond acceptors (Lipinski definition) is 2. The van der Waals surface area contributed by atoms with Gasteiger partial charge in [-0.1, -0.05) is 42.0 Å². The predicted molar refractivity (Wildman–Crippen MR) is 84.3 cm³/mol. The van der Waals surface area contributed by atoms with Crippen LogP contribution in [-0.2, 0) is 11.3 Å². The van der Waals surface area contributed by atoms with E-state index >= 15 is 0 Å². The molecule has 2 aromatic rings. The van der Waals surface area contributed by atoms with Crippen LogP contribution in [0, 0.1) is 13.8 Å². The molecule has 21 heavy (non-hydrogen) atoms. The van der Waals surface area contributed by atoms with E-state index in [1.807, 2.05) is 62.4 Å². The van der Waals surface area contributed by atoms with Crippen molar-refractivity contribution in [1.82, 2.24) is 5.32 Å². The fourth-order valence-corrected chi connectivity index (χ4v) is 1.99. The van der Waals surface area contributed by atoms with Crippen molar-refractivity contribution < 1.29 is 9.53 Å². The second-order valence-electron chi connectivity index (χ2n) is 5.28. The lowest BCUT2D eigenvalue weighted by Gasteiger charge is -2.15. The van der Waals surface area contributed by atoms with Crippen molar-refractivity contribution in [2.24, 2.45) is 0 Å². The SMILES string of the molecule is Cc1ccc(CNC(=O)C(C)Oc2cccc(C)c2)cc1. The Balaban J connectivity index is 1.86. The summed E-state index contributed by atoms with van der Waals surface area (Å²) in [5, 5.41) is 2.89. The summed E-state index contributed by atoms with van der Waals surface area (Å²) in [7, 11) is 0. The van der Waals surface area contributed by atoms with Gasteiger partial charge in [-0.15, -0.1) is 0 Å². The highest BCUT2D eigenvalue weighted by atomic mass is 16.5. The monoisotopic (exact) mass is 283 g/mol. The van der Waals surface area contributed by atoms with Gasteiger partial charge in [-0.05, 0) is 44.0 Å². The van der Waals surface area contributed by atoms with Gasteiger partial charge in [-0.3, -0.25) is 4.79 Å². The molecule has 0 radical (unpaired) electrons. The van der Waals surface area contributed by atoms with Crippen molar-refractivity contribution in [3.63, 3.8) is 0 Å². The second-order valence-corrected chi connectivity index (χ2v) is 5.28. The summed E-state index contributed by atoms with van der Waals surface area (Å²) >= 11 is 0. The Morgan fingerprint density at radius 3 is 2.48 bits per heavy atom. The van der Waals surface area contributed by atoms with Crippen LogP contribution < -0.4 is 10.1 Å². The summed E-state index contributed by atoms with van der Waals surface area (Å²) in [6, 6.07) is 15.8. The Morgan fingerprint density at radius 2 is 1.81 bits per heavy atom. The third-order valence-electron chi connectivity index (χ3n) is 3.26. The summed E-state index contributed by atoms with van der Waals surface area (Å²) in [5.74, 6) is 0.602. The number of rotatable bonds is 5. The molecule has 1 unspecified atom stereocenters. The van der Waals surface area contributed by atoms with E-state index < -0.39 is 6.10 Å². The first-order valence-corrected chi connectivity index (χ1v) is 7.11. The summed E-state index contributed by atoms with van der Waals surface area (Å²) in [6.07, 6.45) is -0.516. The number of carbonyl (C=O) groups excluding carboxylic acids is 1. The lowest BCUT2D eigenvalue weighted by Crippen LogP contribution is -2.35. The number of carbonyl (C=O) groups is 1. The average molecular weight is 283 g/mol. The largest absolute Gasteiger partial charge is 0.481 e. The van der Waals surface area contributed by atoms with E-state index in [0.29, 0.717) is 12.3 Å². The van der Waals surface area contributed by atoms with E-state index in [-0.39, 0.29) is 5.91 Å². The van der Waals surface area contributed by atoms with E-state index in [1.54, 1.807) is 6.92 Å². The molecule has 1 amide bonds. The molecule has 0 bridgehead atoms. The first-order chi connectivity index (χ1) is 10.0. The standard InChI is InChI=1S/C18H21NO2/c1-13-7-9-16(10-8-13)12-19-18(20)15(3)21-17-6-4-5-14(2)11-17/h4-11,15H,12H2,1-3H3,(H,19,20). The molecule has 110 valence electrons. The number of aryl methyl sites for hydroxylation is 2. The molecule has 1 atom stereocenters. The fraction of sp³-hybridized carbons (Fsp3) is 0.278. The zero-order chi connectivity index (χ0) is 15.2. The van der Waals surface area contributed by atoms with Crippen molar-refractivity contribution >= 4 is 5.91 Å². The number of hydrogen-bond donors (Lipinski definition) is 1. The van der Waals surface area contributed by atoms with E-state index in [2.05, 4.69) is 5.32 Å². The van der Waals surface area contributed by atoms with Crippen molar-refractivity contribution in [2.45, 2.75) is 33.4 Å². The highest BCUT2D eigenvalue weighted by Crippen LogP contribution is 2.14. The highest BCUT2D eigenvalue weighted by Gasteiger charge is 2.14. The smallest absolute Gasteiger partial charge is 0.261 e. The van der Waals surface area contributed by atoms with Crippen molar-refractivity contribution in [1.29, 1.82) is 0 Å². The summed E-state index contributed by atoms with van der Waals surface area (Å²) in [4.78, 5) is 12.0. The molecular formula is C18H21NO2. The molecule has 2 aromatic carbocycles. The average Bonchev–Trinajstić information content (AvgIpc) is 2.46. The quantitative estimate of drug-likeness (QED) is 0.913. The molecule has 0 aliphatic rings. The lowest BCUT2D eigenvalue weighted by atomic mass is 10.1. The minimum atomic E-state index is -0.516. The maximum atomic E-state index is 12.0. The third kappa shape index (κ3) is 4.63. The van der Waals surface area contributed by atoms with Crippen LogP contribution in [-0.4, -0.2) is 12.0 Å². The first-order valence-electron chi connectivity index (χ1n) is 7.11. The Kier molecular flexibility index (Phi) is 4.99. The molecule has 3 nitrogen and oxygen atoms in total. The normalized spacial score (nSPS) is 11.8. The maximum Gasteiger partial charge on any atom is 0.261 e. The van der Waals surface area contributed by atoms with Gasteiger partial charge in [0, 0.05) is 6.54 Å². The van der Waals surface area contributed by atoms with Gasteiger partial charge in [0.05, 0.1) is 0 Å². The third-order valence-corrected chi connectivity index (χ3v) is 3.26. The Hall–Kier alpha value is -2.29. The summed E-state index contributed by atoms with van der Waals surface area (Å²) < 4.78 is 5.65. The molecule has 0 spiro atoms. The minimum Gasteiger partial charge on any atom is -0.481 e. The molecular weight excluding hydrogens is 262 g/mol. The molecule has 2 rings (SSSR count). The van der Waals surface area contributed by atoms with Gasteiger partial charge in [-0.25, -0.2) is 0 Å². The Bertz CT molecular complexity index is 605. The van der Waals surface area contributed by atoms with Crippen LogP contribution >= 0.6 is 0 Å². The van der Waals surface area contributed by atoms with Gasteiger partial charge >= 0.3 is 0 Å². The van der Waals surface area contributed by atoms with Gasteiger partial charge in [0.2, 0.25) is 0 Å². The van der Waals surface area contributed by atoms with Crippen LogP contribution in [0.4, 0.5) is 0 Å². The molecule has 0 saturated heterocycles. The zero-order valence-corrected chi connectivity index (χ0v) is 12.7. The van der Waals surface area contributed by atoms with E-state index in [4.69, 9.17) is 4.74 Å². The highest BCUT2D eigenvalue weighted by molar-refractivity contribution is 5.80. The molecule has 0 aliphatic carbocycles. The second kappa shape index (κ2) is 6.93. The van der Waals surface area contributed by atoms with E-state index in [1.165, 1.54) is 5.56 Å². The summed E-state index contributed by atoms with van der Waals surface area (Å²) in [6.45, 7) is 6.31. The van der Waals surface area contributed by atoms with Gasteiger partial charge < -0.3 is 10.1 Å². The van der Waals surface area contributed by atoms with Gasteiger partial charge in [0.1, 0.15) is 5.75 Å². The fourth-order valence-electron chi connectivity index (χ4n) is 1.99. The predicted octanol–water partition coefficient (Wildman–Crippen LogP) is 3.39. The molecule has 0 aliphatic heterocycles. The molecule has 1 N–H and O–H groups in total. The van der Waals surface area contributed by atoms with Crippen LogP contribution in [0.1, 0.15) is 23.6 Å². The van der Waals surface area contributed by atoms with Crippen LogP contribution in [0.5, 0.6) is 5.75 Å². The van der Waals surface area contributed by atoms with Crippen LogP contribution in [0.15, 0.2) is 48.5 Å². The first kappa shape index (κ1) is 15.1. The van der Waals surface area contributed by atoms with Crippen LogP contribution in [0.2, 0.25) is 0 Å². The molecule has 3 heteroatoms. The Labute approximate surface area is 126 Å².